The molecule has 0 aliphatic rings. The number of carbonyl (C=O) groups is 1. The van der Waals surface area contributed by atoms with Gasteiger partial charge in [0.2, 0.25) is 0 Å². The van der Waals surface area contributed by atoms with Crippen LogP contribution in [0, 0.1) is 11.6 Å². The van der Waals surface area contributed by atoms with Crippen LogP contribution >= 0.6 is 0 Å². The zero-order valence-corrected chi connectivity index (χ0v) is 12.2. The summed E-state index contributed by atoms with van der Waals surface area (Å²) < 4.78 is 28.0. The van der Waals surface area contributed by atoms with Gasteiger partial charge in [-0.1, -0.05) is 25.1 Å². The maximum absolute atomic E-state index is 14.1. The highest BCUT2D eigenvalue weighted by atomic mass is 19.2. The molecule has 2 N–H and O–H groups in total. The summed E-state index contributed by atoms with van der Waals surface area (Å²) in [6, 6.07) is 6.68. The first-order valence-corrected chi connectivity index (χ1v) is 6.89. The van der Waals surface area contributed by atoms with E-state index in [-0.39, 0.29) is 40.2 Å². The molecule has 0 amide bonds. The molecule has 0 saturated carbocycles. The minimum Gasteiger partial charge on any atom is -0.507 e. The van der Waals surface area contributed by atoms with Crippen molar-refractivity contribution in [1.82, 2.24) is 0 Å². The number of phenols is 1. The second-order valence-electron chi connectivity index (χ2n) is 5.01. The molecule has 0 spiro atoms. The summed E-state index contributed by atoms with van der Waals surface area (Å²) >= 11 is 0. The molecule has 0 fully saturated rings. The molecule has 2 rings (SSSR count). The smallest absolute Gasteiger partial charge is 0.167 e. The van der Waals surface area contributed by atoms with Crippen molar-refractivity contribution in [2.24, 2.45) is 0 Å². The van der Waals surface area contributed by atoms with Crippen LogP contribution in [-0.2, 0) is 0 Å². The Bertz CT molecular complexity index is 724. The van der Waals surface area contributed by atoms with Crippen LogP contribution in [0.4, 0.5) is 8.78 Å². The van der Waals surface area contributed by atoms with Gasteiger partial charge in [0.1, 0.15) is 5.75 Å². The highest BCUT2D eigenvalue weighted by molar-refractivity contribution is 5.99. The van der Waals surface area contributed by atoms with E-state index in [9.17, 15) is 23.8 Å². The van der Waals surface area contributed by atoms with Crippen LogP contribution in [0.5, 0.6) is 5.75 Å². The van der Waals surface area contributed by atoms with Gasteiger partial charge in [0.05, 0.1) is 11.7 Å². The summed E-state index contributed by atoms with van der Waals surface area (Å²) in [5.74, 6) is -2.74. The second kappa shape index (κ2) is 6.23. The van der Waals surface area contributed by atoms with E-state index in [1.165, 1.54) is 37.3 Å². The molecule has 0 aliphatic carbocycles. The Morgan fingerprint density at radius 2 is 1.86 bits per heavy atom. The fourth-order valence-electron chi connectivity index (χ4n) is 2.24. The Kier molecular flexibility index (Phi) is 4.56. The van der Waals surface area contributed by atoms with Gasteiger partial charge >= 0.3 is 0 Å². The maximum Gasteiger partial charge on any atom is 0.167 e. The number of phenolic OH excluding ortho intramolecular Hbond substituents is 1. The molecule has 0 heterocycles. The van der Waals surface area contributed by atoms with E-state index in [1.54, 1.807) is 6.92 Å². The number of hydrogen-bond donors (Lipinski definition) is 2. The summed E-state index contributed by atoms with van der Waals surface area (Å²) in [5, 5.41) is 19.3. The monoisotopic (exact) mass is 306 g/mol. The van der Waals surface area contributed by atoms with Crippen LogP contribution in [0.15, 0.2) is 30.3 Å². The summed E-state index contributed by atoms with van der Waals surface area (Å²) in [6.45, 7) is 3.01. The Labute approximate surface area is 126 Å². The van der Waals surface area contributed by atoms with Crippen molar-refractivity contribution in [3.63, 3.8) is 0 Å². The predicted molar refractivity (Wildman–Crippen MR) is 78.7 cm³/mol. The van der Waals surface area contributed by atoms with E-state index >= 15 is 0 Å². The minimum absolute atomic E-state index is 0.0484. The zero-order valence-electron chi connectivity index (χ0n) is 12.2. The van der Waals surface area contributed by atoms with E-state index < -0.39 is 17.7 Å². The number of carbonyl (C=O) groups excluding carboxylic acids is 1. The lowest BCUT2D eigenvalue weighted by molar-refractivity contribution is 0.0985. The van der Waals surface area contributed by atoms with E-state index in [2.05, 4.69) is 0 Å². The first-order chi connectivity index (χ1) is 10.4. The molecule has 0 bridgehead atoms. The number of benzene rings is 2. The average Bonchev–Trinajstić information content (AvgIpc) is 2.48. The number of aromatic hydroxyl groups is 1. The molecular weight excluding hydrogens is 290 g/mol. The number of aliphatic hydroxyl groups excluding tert-OH is 1. The third-order valence-electron chi connectivity index (χ3n) is 3.49. The van der Waals surface area contributed by atoms with Crippen LogP contribution in [-0.4, -0.2) is 16.0 Å². The normalized spacial score (nSPS) is 12.2. The van der Waals surface area contributed by atoms with E-state index in [0.717, 1.165) is 0 Å². The third kappa shape index (κ3) is 2.85. The number of rotatable bonds is 4. The number of hydrogen-bond acceptors (Lipinski definition) is 3. The first kappa shape index (κ1) is 16.1. The fraction of sp³-hybridized carbons (Fsp3) is 0.235. The lowest BCUT2D eigenvalue weighted by Crippen LogP contribution is -2.01. The highest BCUT2D eigenvalue weighted by Gasteiger charge is 2.18. The van der Waals surface area contributed by atoms with Gasteiger partial charge in [0, 0.05) is 17.5 Å². The molecule has 3 nitrogen and oxygen atoms in total. The van der Waals surface area contributed by atoms with Crippen LogP contribution in [0.25, 0.3) is 11.1 Å². The molecule has 116 valence electrons. The lowest BCUT2D eigenvalue weighted by atomic mass is 9.98. The van der Waals surface area contributed by atoms with Crippen molar-refractivity contribution in [3.05, 3.63) is 53.1 Å². The summed E-state index contributed by atoms with van der Waals surface area (Å²) in [4.78, 5) is 11.6. The van der Waals surface area contributed by atoms with Gasteiger partial charge in [-0.3, -0.25) is 4.79 Å². The third-order valence-corrected chi connectivity index (χ3v) is 3.49. The van der Waals surface area contributed by atoms with Gasteiger partial charge in [-0.2, -0.15) is 0 Å². The Morgan fingerprint density at radius 1 is 1.18 bits per heavy atom. The molecule has 0 aliphatic heterocycles. The topological polar surface area (TPSA) is 57.5 Å². The quantitative estimate of drug-likeness (QED) is 0.840. The molecule has 0 aromatic heterocycles. The van der Waals surface area contributed by atoms with Crippen molar-refractivity contribution < 1.29 is 23.8 Å². The molecule has 0 saturated heterocycles. The van der Waals surface area contributed by atoms with Crippen molar-refractivity contribution in [3.8, 4) is 16.9 Å². The van der Waals surface area contributed by atoms with E-state index in [4.69, 9.17) is 0 Å². The number of Topliss-reactive ketones (excluding diaryl/α,β-unsaturated/α-hetero) is 1. The number of ketones is 1. The zero-order chi connectivity index (χ0) is 16.4. The van der Waals surface area contributed by atoms with Crippen LogP contribution in [0.1, 0.15) is 42.3 Å². The largest absolute Gasteiger partial charge is 0.507 e. The van der Waals surface area contributed by atoms with Crippen molar-refractivity contribution in [2.45, 2.75) is 26.4 Å². The summed E-state index contributed by atoms with van der Waals surface area (Å²) in [5.41, 5.74) is 0.211. The van der Waals surface area contributed by atoms with Gasteiger partial charge < -0.3 is 10.2 Å². The molecule has 2 aromatic carbocycles. The molecule has 1 atom stereocenters. The fourth-order valence-corrected chi connectivity index (χ4v) is 2.24. The molecular formula is C17H16F2O3. The van der Waals surface area contributed by atoms with Gasteiger partial charge in [0.25, 0.3) is 0 Å². The average molecular weight is 306 g/mol. The van der Waals surface area contributed by atoms with E-state index in [0.29, 0.717) is 0 Å². The molecule has 22 heavy (non-hydrogen) atoms. The van der Waals surface area contributed by atoms with Gasteiger partial charge in [-0.05, 0) is 24.6 Å². The lowest BCUT2D eigenvalue weighted by Gasteiger charge is -2.11. The highest BCUT2D eigenvalue weighted by Crippen LogP contribution is 2.32. The van der Waals surface area contributed by atoms with Gasteiger partial charge in [-0.15, -0.1) is 0 Å². The Morgan fingerprint density at radius 3 is 2.41 bits per heavy atom. The van der Waals surface area contributed by atoms with Crippen LogP contribution in [0.2, 0.25) is 0 Å². The number of aliphatic hydroxyl groups is 1. The molecule has 0 radical (unpaired) electrons. The summed E-state index contributed by atoms with van der Waals surface area (Å²) in [6.07, 6.45) is -0.889. The van der Waals surface area contributed by atoms with Crippen LogP contribution < -0.4 is 0 Å². The van der Waals surface area contributed by atoms with Crippen LogP contribution in [0.3, 0.4) is 0 Å². The molecule has 2 aromatic rings. The molecule has 5 heteroatoms. The molecule has 1 unspecified atom stereocenters. The minimum atomic E-state index is -1.12. The number of halogens is 2. The Balaban J connectivity index is 2.51. The standard InChI is InChI=1S/C17H16F2O3/c1-3-14(21)13-5-4-10(8-15(13)22)12-7-6-11(9(2)20)16(18)17(12)19/h4-9,20,22H,3H2,1-2H3. The maximum atomic E-state index is 14.1. The van der Waals surface area contributed by atoms with Gasteiger partial charge in [-0.25, -0.2) is 8.78 Å². The van der Waals surface area contributed by atoms with E-state index in [1.807, 2.05) is 0 Å². The van der Waals surface area contributed by atoms with Crippen molar-refractivity contribution in [2.75, 3.05) is 0 Å². The Hall–Kier alpha value is -2.27. The van der Waals surface area contributed by atoms with Gasteiger partial charge in [0.15, 0.2) is 17.4 Å². The second-order valence-corrected chi connectivity index (χ2v) is 5.01. The predicted octanol–water partition coefficient (Wildman–Crippen LogP) is 3.98. The van der Waals surface area contributed by atoms with Crippen molar-refractivity contribution in [1.29, 1.82) is 0 Å². The SMILES string of the molecule is CCC(=O)c1ccc(-c2ccc(C(C)O)c(F)c2F)cc1O. The van der Waals surface area contributed by atoms with Crippen molar-refractivity contribution >= 4 is 5.78 Å². The first-order valence-electron chi connectivity index (χ1n) is 6.89. The summed E-state index contributed by atoms with van der Waals surface area (Å²) in [7, 11) is 0.